The minimum absolute atomic E-state index is 0.660. The summed E-state index contributed by atoms with van der Waals surface area (Å²) in [5.74, 6) is 0.922. The molecule has 1 unspecified atom stereocenters. The lowest BCUT2D eigenvalue weighted by molar-refractivity contribution is 0.0389. The lowest BCUT2D eigenvalue weighted by Gasteiger charge is -2.27. The molecule has 0 saturated carbocycles. The number of hydrogen-bond acceptors (Lipinski definition) is 4. The molecule has 0 radical (unpaired) electrons. The minimum atomic E-state index is 0.660. The zero-order valence-corrected chi connectivity index (χ0v) is 13.6. The Hall–Kier alpha value is -0.850. The predicted molar refractivity (Wildman–Crippen MR) is 86.9 cm³/mol. The zero-order valence-electron chi connectivity index (χ0n) is 13.6. The van der Waals surface area contributed by atoms with Crippen LogP contribution in [0, 0.1) is 0 Å². The number of guanidine groups is 1. The molecular formula is C15H31N5O. The Morgan fingerprint density at radius 2 is 2.05 bits per heavy atom. The number of rotatable bonds is 6. The molecule has 2 fully saturated rings. The van der Waals surface area contributed by atoms with Crippen LogP contribution in [0.3, 0.4) is 0 Å². The highest BCUT2D eigenvalue weighted by molar-refractivity contribution is 5.79. The summed E-state index contributed by atoms with van der Waals surface area (Å²) in [5.41, 5.74) is 0. The Bertz CT molecular complexity index is 317. The summed E-state index contributed by atoms with van der Waals surface area (Å²) in [6.07, 6.45) is 2.62. The molecule has 2 saturated heterocycles. The van der Waals surface area contributed by atoms with E-state index in [0.29, 0.717) is 6.04 Å². The van der Waals surface area contributed by atoms with Crippen LogP contribution >= 0.6 is 0 Å². The number of morpholine rings is 1. The van der Waals surface area contributed by atoms with Gasteiger partial charge in [-0.2, -0.15) is 0 Å². The van der Waals surface area contributed by atoms with Gasteiger partial charge in [-0.3, -0.25) is 14.8 Å². The third kappa shape index (κ3) is 5.45. The highest BCUT2D eigenvalue weighted by atomic mass is 16.5. The van der Waals surface area contributed by atoms with Crippen molar-refractivity contribution in [2.75, 3.05) is 66.1 Å². The summed E-state index contributed by atoms with van der Waals surface area (Å²) in [7, 11) is 1.84. The van der Waals surface area contributed by atoms with Gasteiger partial charge in [0, 0.05) is 45.8 Å². The van der Waals surface area contributed by atoms with Crippen molar-refractivity contribution in [2.45, 2.75) is 25.8 Å². The van der Waals surface area contributed by atoms with Gasteiger partial charge in [0.05, 0.1) is 13.2 Å². The molecule has 0 spiro atoms. The number of aliphatic imine (C=N–C) groups is 1. The summed E-state index contributed by atoms with van der Waals surface area (Å²) in [6, 6.07) is 0.660. The van der Waals surface area contributed by atoms with Crippen LogP contribution < -0.4 is 10.6 Å². The van der Waals surface area contributed by atoms with E-state index < -0.39 is 0 Å². The van der Waals surface area contributed by atoms with E-state index in [1.807, 2.05) is 7.05 Å². The first-order chi connectivity index (χ1) is 10.3. The van der Waals surface area contributed by atoms with Gasteiger partial charge in [-0.05, 0) is 25.9 Å². The molecule has 21 heavy (non-hydrogen) atoms. The highest BCUT2D eigenvalue weighted by Crippen LogP contribution is 2.15. The molecule has 0 amide bonds. The molecule has 2 aliphatic heterocycles. The molecular weight excluding hydrogens is 266 g/mol. The van der Waals surface area contributed by atoms with Crippen molar-refractivity contribution in [3.05, 3.63) is 0 Å². The Morgan fingerprint density at radius 1 is 1.24 bits per heavy atom. The average Bonchev–Trinajstić information content (AvgIpc) is 2.99. The zero-order chi connectivity index (χ0) is 14.9. The standard InChI is InChI=1S/C15H31N5O/c1-3-20-7-4-5-14(20)13-18-15(16-2)17-6-8-19-9-11-21-12-10-19/h14H,3-13H2,1-2H3,(H2,16,17,18). The van der Waals surface area contributed by atoms with E-state index in [1.165, 1.54) is 19.4 Å². The quantitative estimate of drug-likeness (QED) is 0.533. The SMILES string of the molecule is CCN1CCCC1CNC(=NC)NCCN1CCOCC1. The van der Waals surface area contributed by atoms with Crippen LogP contribution in [0.4, 0.5) is 0 Å². The summed E-state index contributed by atoms with van der Waals surface area (Å²) in [5, 5.41) is 6.88. The Labute approximate surface area is 128 Å². The van der Waals surface area contributed by atoms with Crippen LogP contribution in [0.15, 0.2) is 4.99 Å². The molecule has 122 valence electrons. The van der Waals surface area contributed by atoms with Crippen LogP contribution in [-0.2, 0) is 4.74 Å². The molecule has 1 atom stereocenters. The van der Waals surface area contributed by atoms with E-state index in [9.17, 15) is 0 Å². The summed E-state index contributed by atoms with van der Waals surface area (Å²) < 4.78 is 5.36. The van der Waals surface area contributed by atoms with Crippen molar-refractivity contribution in [1.82, 2.24) is 20.4 Å². The number of nitrogens with one attached hydrogen (secondary N) is 2. The first-order valence-corrected chi connectivity index (χ1v) is 8.32. The van der Waals surface area contributed by atoms with Crippen molar-refractivity contribution in [1.29, 1.82) is 0 Å². The van der Waals surface area contributed by atoms with Crippen molar-refractivity contribution in [2.24, 2.45) is 4.99 Å². The fourth-order valence-electron chi connectivity index (χ4n) is 3.13. The number of likely N-dealkylation sites (tertiary alicyclic amines) is 1. The summed E-state index contributed by atoms with van der Waals surface area (Å²) >= 11 is 0. The van der Waals surface area contributed by atoms with Crippen molar-refractivity contribution in [3.63, 3.8) is 0 Å². The molecule has 0 bridgehead atoms. The van der Waals surface area contributed by atoms with E-state index in [-0.39, 0.29) is 0 Å². The van der Waals surface area contributed by atoms with Crippen molar-refractivity contribution >= 4 is 5.96 Å². The van der Waals surface area contributed by atoms with Crippen molar-refractivity contribution < 1.29 is 4.74 Å². The summed E-state index contributed by atoms with van der Waals surface area (Å²) in [4.78, 5) is 9.29. The second-order valence-electron chi connectivity index (χ2n) is 5.76. The average molecular weight is 297 g/mol. The third-order valence-electron chi connectivity index (χ3n) is 4.46. The van der Waals surface area contributed by atoms with Gasteiger partial charge >= 0.3 is 0 Å². The maximum atomic E-state index is 5.36. The number of ether oxygens (including phenoxy) is 1. The van der Waals surface area contributed by atoms with Gasteiger partial charge in [0.25, 0.3) is 0 Å². The van der Waals surface area contributed by atoms with Crippen molar-refractivity contribution in [3.8, 4) is 0 Å². The third-order valence-corrected chi connectivity index (χ3v) is 4.46. The molecule has 0 aliphatic carbocycles. The topological polar surface area (TPSA) is 52.1 Å². The van der Waals surface area contributed by atoms with Gasteiger partial charge in [0.1, 0.15) is 0 Å². The molecule has 2 N–H and O–H groups in total. The summed E-state index contributed by atoms with van der Waals surface area (Å²) in [6.45, 7) is 11.4. The molecule has 0 aromatic carbocycles. The molecule has 0 aromatic rings. The first-order valence-electron chi connectivity index (χ1n) is 8.32. The van der Waals surface area contributed by atoms with Crippen LogP contribution in [0.1, 0.15) is 19.8 Å². The monoisotopic (exact) mass is 297 g/mol. The molecule has 6 nitrogen and oxygen atoms in total. The predicted octanol–water partition coefficient (Wildman–Crippen LogP) is -0.0321. The van der Waals surface area contributed by atoms with Crippen LogP contribution in [0.2, 0.25) is 0 Å². The normalized spacial score (nSPS) is 25.2. The van der Waals surface area contributed by atoms with Gasteiger partial charge in [0.15, 0.2) is 5.96 Å². The lowest BCUT2D eigenvalue weighted by atomic mass is 10.2. The van der Waals surface area contributed by atoms with Crippen LogP contribution in [-0.4, -0.2) is 87.9 Å². The lowest BCUT2D eigenvalue weighted by Crippen LogP contribution is -2.47. The molecule has 2 rings (SSSR count). The van der Waals surface area contributed by atoms with E-state index in [1.54, 1.807) is 0 Å². The van der Waals surface area contributed by atoms with E-state index in [4.69, 9.17) is 4.74 Å². The maximum absolute atomic E-state index is 5.36. The smallest absolute Gasteiger partial charge is 0.191 e. The van der Waals surface area contributed by atoms with E-state index >= 15 is 0 Å². The highest BCUT2D eigenvalue weighted by Gasteiger charge is 2.22. The van der Waals surface area contributed by atoms with Crippen LogP contribution in [0.5, 0.6) is 0 Å². The van der Waals surface area contributed by atoms with Gasteiger partial charge in [-0.1, -0.05) is 6.92 Å². The van der Waals surface area contributed by atoms with Gasteiger partial charge in [-0.25, -0.2) is 0 Å². The second kappa shape index (κ2) is 9.23. The molecule has 0 aromatic heterocycles. The molecule has 2 aliphatic rings. The number of likely N-dealkylation sites (N-methyl/N-ethyl adjacent to an activating group) is 1. The van der Waals surface area contributed by atoms with Crippen LogP contribution in [0.25, 0.3) is 0 Å². The maximum Gasteiger partial charge on any atom is 0.191 e. The Morgan fingerprint density at radius 3 is 2.76 bits per heavy atom. The Balaban J connectivity index is 1.61. The molecule has 6 heteroatoms. The van der Waals surface area contributed by atoms with E-state index in [0.717, 1.165) is 58.4 Å². The van der Waals surface area contributed by atoms with Gasteiger partial charge in [-0.15, -0.1) is 0 Å². The fraction of sp³-hybridized carbons (Fsp3) is 0.933. The number of hydrogen-bond donors (Lipinski definition) is 2. The molecule has 2 heterocycles. The fourth-order valence-corrected chi connectivity index (χ4v) is 3.13. The minimum Gasteiger partial charge on any atom is -0.379 e. The van der Waals surface area contributed by atoms with Gasteiger partial charge in [0.2, 0.25) is 0 Å². The largest absolute Gasteiger partial charge is 0.379 e. The number of nitrogens with zero attached hydrogens (tertiary/aromatic N) is 3. The van der Waals surface area contributed by atoms with E-state index in [2.05, 4.69) is 32.3 Å². The Kier molecular flexibility index (Phi) is 7.26. The first kappa shape index (κ1) is 16.5. The van der Waals surface area contributed by atoms with Gasteiger partial charge < -0.3 is 15.4 Å². The second-order valence-corrected chi connectivity index (χ2v) is 5.76.